The van der Waals surface area contributed by atoms with E-state index in [0.717, 1.165) is 13.1 Å². The highest BCUT2D eigenvalue weighted by Crippen LogP contribution is 2.30. The first-order valence-corrected chi connectivity index (χ1v) is 9.89. The molecule has 0 aliphatic carbocycles. The second-order valence-corrected chi connectivity index (χ2v) is 8.30. The van der Waals surface area contributed by atoms with Gasteiger partial charge < -0.3 is 14.2 Å². The van der Waals surface area contributed by atoms with Crippen molar-refractivity contribution in [2.45, 2.75) is 46.8 Å². The Kier molecular flexibility index (Phi) is 8.09. The van der Waals surface area contributed by atoms with Crippen molar-refractivity contribution in [1.82, 2.24) is 14.5 Å². The van der Waals surface area contributed by atoms with Gasteiger partial charge in [0.15, 0.2) is 18.2 Å². The number of nitrogens with zero attached hydrogens (tertiary/aromatic N) is 3. The summed E-state index contributed by atoms with van der Waals surface area (Å²) in [6.07, 6.45) is 5.00. The minimum Gasteiger partial charge on any atom is -0.493 e. The van der Waals surface area contributed by atoms with E-state index in [0.29, 0.717) is 29.1 Å². The third-order valence-corrected chi connectivity index (χ3v) is 4.91. The van der Waals surface area contributed by atoms with Gasteiger partial charge in [-0.15, -0.1) is 12.4 Å². The molecule has 0 bridgehead atoms. The molecule has 3 rings (SSSR count). The normalized spacial score (nSPS) is 14.8. The van der Waals surface area contributed by atoms with Gasteiger partial charge in [-0.1, -0.05) is 6.42 Å². The third-order valence-electron chi connectivity index (χ3n) is 4.91. The van der Waals surface area contributed by atoms with Crippen molar-refractivity contribution in [2.75, 3.05) is 26.9 Å². The van der Waals surface area contributed by atoms with E-state index in [4.69, 9.17) is 14.2 Å². The predicted molar refractivity (Wildman–Crippen MR) is 116 cm³/mol. The lowest BCUT2D eigenvalue weighted by Crippen LogP contribution is -2.33. The van der Waals surface area contributed by atoms with Crippen molar-refractivity contribution in [1.29, 1.82) is 0 Å². The van der Waals surface area contributed by atoms with Crippen LogP contribution in [-0.4, -0.2) is 47.4 Å². The molecule has 0 saturated carbocycles. The zero-order chi connectivity index (χ0) is 21.0. The fourth-order valence-electron chi connectivity index (χ4n) is 3.12. The van der Waals surface area contributed by atoms with Crippen LogP contribution in [0.4, 0.5) is 0 Å². The summed E-state index contributed by atoms with van der Waals surface area (Å²) in [7, 11) is 1.54. The summed E-state index contributed by atoms with van der Waals surface area (Å²) >= 11 is 0. The lowest BCUT2D eigenvalue weighted by Gasteiger charge is -2.26. The van der Waals surface area contributed by atoms with Gasteiger partial charge in [0.05, 0.1) is 23.4 Å². The smallest absolute Gasteiger partial charge is 0.312 e. The predicted octanol–water partition coefficient (Wildman–Crippen LogP) is 3.20. The number of esters is 1. The molecule has 30 heavy (non-hydrogen) atoms. The van der Waals surface area contributed by atoms with E-state index in [1.54, 1.807) is 32.9 Å². The molecule has 2 aromatic rings. The number of likely N-dealkylation sites (tertiary alicyclic amines) is 1. The quantitative estimate of drug-likeness (QED) is 0.639. The average molecular weight is 440 g/mol. The number of aromatic nitrogens is 2. The van der Waals surface area contributed by atoms with Crippen LogP contribution in [0.1, 0.15) is 40.0 Å². The first-order valence-electron chi connectivity index (χ1n) is 9.89. The van der Waals surface area contributed by atoms with Crippen LogP contribution >= 0.6 is 12.4 Å². The van der Waals surface area contributed by atoms with Gasteiger partial charge in [0.2, 0.25) is 0 Å². The number of methoxy groups -OCH3 is 1. The molecule has 1 saturated heterocycles. The third kappa shape index (κ3) is 5.64. The van der Waals surface area contributed by atoms with E-state index in [1.807, 2.05) is 0 Å². The van der Waals surface area contributed by atoms with Crippen LogP contribution in [0, 0.1) is 5.41 Å². The number of carbonyl (C=O) groups excluding carboxylic acids is 1. The maximum absolute atomic E-state index is 12.8. The van der Waals surface area contributed by atoms with Gasteiger partial charge in [-0.2, -0.15) is 0 Å². The lowest BCUT2D eigenvalue weighted by atomic mass is 9.98. The molecule has 8 nitrogen and oxygen atoms in total. The maximum atomic E-state index is 12.8. The Labute approximate surface area is 182 Å². The summed E-state index contributed by atoms with van der Waals surface area (Å²) in [5.74, 6) is 0.635. The minimum atomic E-state index is -0.641. The number of piperidine rings is 1. The molecule has 0 spiro atoms. The lowest BCUT2D eigenvalue weighted by molar-refractivity contribution is -0.157. The second-order valence-electron chi connectivity index (χ2n) is 8.30. The van der Waals surface area contributed by atoms with Gasteiger partial charge in [-0.25, -0.2) is 4.98 Å². The summed E-state index contributed by atoms with van der Waals surface area (Å²) < 4.78 is 17.9. The largest absolute Gasteiger partial charge is 0.493 e. The first kappa shape index (κ1) is 24.0. The summed E-state index contributed by atoms with van der Waals surface area (Å²) in [6, 6.07) is 3.34. The average Bonchev–Trinajstić information content (AvgIpc) is 2.71. The van der Waals surface area contributed by atoms with Crippen LogP contribution < -0.4 is 15.0 Å². The van der Waals surface area contributed by atoms with E-state index in [1.165, 1.54) is 37.3 Å². The Morgan fingerprint density at radius 2 is 1.80 bits per heavy atom. The van der Waals surface area contributed by atoms with Crippen LogP contribution in [-0.2, 0) is 16.3 Å². The number of fused-ring (bicyclic) bond motifs is 1. The molecular formula is C21H30ClN3O5. The molecule has 1 aliphatic rings. The second kappa shape index (κ2) is 10.1. The van der Waals surface area contributed by atoms with Crippen LogP contribution in [0.25, 0.3) is 10.9 Å². The Balaban J connectivity index is 0.00000320. The molecule has 0 radical (unpaired) electrons. The van der Waals surface area contributed by atoms with Crippen LogP contribution in [0.15, 0.2) is 23.3 Å². The Hall–Kier alpha value is -2.32. The van der Waals surface area contributed by atoms with E-state index in [2.05, 4.69) is 9.88 Å². The van der Waals surface area contributed by atoms with Gasteiger partial charge >= 0.3 is 5.97 Å². The van der Waals surface area contributed by atoms with Gasteiger partial charge in [0.1, 0.15) is 13.1 Å². The fraction of sp³-hybridized carbons (Fsp3) is 0.571. The van der Waals surface area contributed by atoms with Crippen molar-refractivity contribution < 1.29 is 19.0 Å². The SMILES string of the molecule is COc1cc2c(=O)n(COC(=O)C(C)(C)C)cnc2cc1OCN1CCCCC1.Cl. The highest BCUT2D eigenvalue weighted by atomic mass is 35.5. The number of hydrogen-bond donors (Lipinski definition) is 0. The highest BCUT2D eigenvalue weighted by molar-refractivity contribution is 5.85. The molecule has 0 atom stereocenters. The number of hydrogen-bond acceptors (Lipinski definition) is 7. The van der Waals surface area contributed by atoms with Crippen molar-refractivity contribution in [3.63, 3.8) is 0 Å². The zero-order valence-electron chi connectivity index (χ0n) is 18.0. The first-order chi connectivity index (χ1) is 13.8. The zero-order valence-corrected chi connectivity index (χ0v) is 18.8. The number of carbonyl (C=O) groups is 1. The highest BCUT2D eigenvalue weighted by Gasteiger charge is 2.23. The summed E-state index contributed by atoms with van der Waals surface area (Å²) in [5, 5.41) is 0.376. The van der Waals surface area contributed by atoms with Crippen molar-refractivity contribution in [2.24, 2.45) is 5.41 Å². The molecule has 166 valence electrons. The molecular weight excluding hydrogens is 410 g/mol. The van der Waals surface area contributed by atoms with Crippen molar-refractivity contribution in [3.8, 4) is 11.5 Å². The van der Waals surface area contributed by atoms with Crippen LogP contribution in [0.3, 0.4) is 0 Å². The Morgan fingerprint density at radius 1 is 1.10 bits per heavy atom. The number of benzene rings is 1. The molecule has 0 amide bonds. The van der Waals surface area contributed by atoms with E-state index < -0.39 is 5.41 Å². The molecule has 1 fully saturated rings. The Bertz CT molecular complexity index is 933. The van der Waals surface area contributed by atoms with E-state index in [-0.39, 0.29) is 30.7 Å². The van der Waals surface area contributed by atoms with Gasteiger partial charge in [0, 0.05) is 19.2 Å². The topological polar surface area (TPSA) is 82.9 Å². The minimum absolute atomic E-state index is 0. The number of rotatable bonds is 6. The molecule has 1 aromatic heterocycles. The van der Waals surface area contributed by atoms with E-state index >= 15 is 0 Å². The van der Waals surface area contributed by atoms with Crippen LogP contribution in [0.2, 0.25) is 0 Å². The van der Waals surface area contributed by atoms with Gasteiger partial charge in [-0.05, 0) is 39.7 Å². The molecule has 1 aromatic carbocycles. The van der Waals surface area contributed by atoms with Crippen molar-refractivity contribution in [3.05, 3.63) is 28.8 Å². The summed E-state index contributed by atoms with van der Waals surface area (Å²) in [6.45, 7) is 7.60. The van der Waals surface area contributed by atoms with Crippen LogP contribution in [0.5, 0.6) is 11.5 Å². The molecule has 9 heteroatoms. The molecule has 2 heterocycles. The standard InChI is InChI=1S/C21H29N3O5.ClH/c1-21(2,3)20(26)29-14-24-12-22-16-11-18(17(27-4)10-15(16)19(24)25)28-13-23-8-6-5-7-9-23;/h10-12H,5-9,13-14H2,1-4H3;1H. The van der Waals surface area contributed by atoms with Crippen molar-refractivity contribution >= 4 is 29.3 Å². The Morgan fingerprint density at radius 3 is 2.43 bits per heavy atom. The molecule has 1 aliphatic heterocycles. The fourth-order valence-corrected chi connectivity index (χ4v) is 3.12. The van der Waals surface area contributed by atoms with Gasteiger partial charge in [-0.3, -0.25) is 19.1 Å². The number of halogens is 1. The molecule has 0 N–H and O–H groups in total. The molecule has 0 unspecified atom stereocenters. The van der Waals surface area contributed by atoms with Gasteiger partial charge in [0.25, 0.3) is 5.56 Å². The maximum Gasteiger partial charge on any atom is 0.312 e. The summed E-state index contributed by atoms with van der Waals surface area (Å²) in [5.41, 5.74) is -0.446. The summed E-state index contributed by atoms with van der Waals surface area (Å²) in [4.78, 5) is 31.4. The number of ether oxygens (including phenoxy) is 3. The van der Waals surface area contributed by atoms with E-state index in [9.17, 15) is 9.59 Å². The monoisotopic (exact) mass is 439 g/mol.